The van der Waals surface area contributed by atoms with Gasteiger partial charge in [-0.3, -0.25) is 10.1 Å². The molecule has 1 aromatic heterocycles. The predicted molar refractivity (Wildman–Crippen MR) is 122 cm³/mol. The molecule has 0 amide bonds. The molecule has 4 aromatic rings. The van der Waals surface area contributed by atoms with Gasteiger partial charge in [-0.25, -0.2) is 8.42 Å². The second kappa shape index (κ2) is 7.58. The van der Waals surface area contributed by atoms with E-state index in [0.717, 1.165) is 27.7 Å². The first-order valence-corrected chi connectivity index (χ1v) is 11.7. The number of hydrogen-bond donors (Lipinski definition) is 1. The first kappa shape index (κ1) is 20.4. The van der Waals surface area contributed by atoms with Crippen molar-refractivity contribution in [2.45, 2.75) is 24.3 Å². The van der Waals surface area contributed by atoms with Gasteiger partial charge in [-0.05, 0) is 30.7 Å². The minimum Gasteiger partial charge on any atom is -0.358 e. The minimum absolute atomic E-state index is 0.0309. The molecule has 5 rings (SSSR count). The molecular formula is C24H21N3O4S. The van der Waals surface area contributed by atoms with Crippen LogP contribution in [0, 0.1) is 17.0 Å². The molecular weight excluding hydrogens is 426 g/mol. The fourth-order valence-electron chi connectivity index (χ4n) is 4.44. The van der Waals surface area contributed by atoms with E-state index < -0.39 is 21.0 Å². The van der Waals surface area contributed by atoms with E-state index in [9.17, 15) is 18.5 Å². The van der Waals surface area contributed by atoms with Gasteiger partial charge in [0.15, 0.2) is 0 Å². The van der Waals surface area contributed by atoms with Crippen LogP contribution < -0.4 is 0 Å². The summed E-state index contributed by atoms with van der Waals surface area (Å²) in [5.74, 6) is 0. The molecule has 0 spiro atoms. The lowest BCUT2D eigenvalue weighted by molar-refractivity contribution is -0.384. The smallest absolute Gasteiger partial charge is 0.269 e. The van der Waals surface area contributed by atoms with Gasteiger partial charge >= 0.3 is 0 Å². The number of para-hydroxylation sites is 1. The van der Waals surface area contributed by atoms with E-state index in [-0.39, 0.29) is 10.6 Å². The molecule has 1 aliphatic heterocycles. The van der Waals surface area contributed by atoms with Gasteiger partial charge < -0.3 is 4.98 Å². The molecule has 0 radical (unpaired) electrons. The van der Waals surface area contributed by atoms with Crippen molar-refractivity contribution in [3.05, 3.63) is 105 Å². The van der Waals surface area contributed by atoms with Crippen LogP contribution in [0.15, 0.2) is 77.7 Å². The summed E-state index contributed by atoms with van der Waals surface area (Å²) in [6.45, 7) is 2.22. The van der Waals surface area contributed by atoms with E-state index in [0.29, 0.717) is 18.5 Å². The summed E-state index contributed by atoms with van der Waals surface area (Å²) in [6.07, 6.45) is 0.554. The Balaban J connectivity index is 1.71. The van der Waals surface area contributed by atoms with Crippen LogP contribution in [0.25, 0.3) is 10.9 Å². The Labute approximate surface area is 185 Å². The SMILES string of the molecule is Cc1ccc(S(=O)(=O)N2CCc3[nH]c4ccccc4c3C2c2ccc([N+](=O)[O-])cc2)cc1. The number of nitrogens with zero attached hydrogens (tertiary/aromatic N) is 2. The maximum absolute atomic E-state index is 13.7. The van der Waals surface area contributed by atoms with Crippen LogP contribution in [0.1, 0.15) is 28.4 Å². The van der Waals surface area contributed by atoms with E-state index in [2.05, 4.69) is 4.98 Å². The van der Waals surface area contributed by atoms with Crippen LogP contribution in [-0.2, 0) is 16.4 Å². The summed E-state index contributed by atoms with van der Waals surface area (Å²) >= 11 is 0. The molecule has 7 nitrogen and oxygen atoms in total. The number of sulfonamides is 1. The fourth-order valence-corrected chi connectivity index (χ4v) is 6.03. The first-order chi connectivity index (χ1) is 15.4. The highest BCUT2D eigenvalue weighted by Gasteiger charge is 2.39. The van der Waals surface area contributed by atoms with Crippen molar-refractivity contribution in [3.8, 4) is 0 Å². The van der Waals surface area contributed by atoms with Gasteiger partial charge in [0, 0.05) is 47.3 Å². The van der Waals surface area contributed by atoms with Crippen molar-refractivity contribution in [2.75, 3.05) is 6.54 Å². The summed E-state index contributed by atoms with van der Waals surface area (Å²) in [5.41, 5.74) is 4.47. The zero-order chi connectivity index (χ0) is 22.5. The van der Waals surface area contributed by atoms with Crippen LogP contribution in [0.3, 0.4) is 0 Å². The predicted octanol–water partition coefficient (Wildman–Crippen LogP) is 4.72. The Hall–Kier alpha value is -3.49. The molecule has 0 aliphatic carbocycles. The van der Waals surface area contributed by atoms with Crippen LogP contribution in [0.2, 0.25) is 0 Å². The number of aromatic amines is 1. The summed E-state index contributed by atoms with van der Waals surface area (Å²) in [5, 5.41) is 12.1. The Morgan fingerprint density at radius 3 is 2.38 bits per heavy atom. The average Bonchev–Trinajstić information content (AvgIpc) is 3.17. The standard InChI is InChI=1S/C24H21N3O4S/c1-16-6-12-19(13-7-16)32(30,31)26-15-14-22-23(20-4-2-3-5-21(20)25-22)24(26)17-8-10-18(11-9-17)27(28)29/h2-13,24-25H,14-15H2,1H3. The zero-order valence-corrected chi connectivity index (χ0v) is 18.2. The molecule has 1 aliphatic rings. The summed E-state index contributed by atoms with van der Waals surface area (Å²) in [6, 6.07) is 20.2. The number of aryl methyl sites for hydroxylation is 1. The van der Waals surface area contributed by atoms with Crippen LogP contribution in [0.4, 0.5) is 5.69 Å². The normalized spacial score (nSPS) is 16.7. The highest BCUT2D eigenvalue weighted by atomic mass is 32.2. The first-order valence-electron chi connectivity index (χ1n) is 10.3. The molecule has 1 unspecified atom stereocenters. The third-order valence-electron chi connectivity index (χ3n) is 6.02. The number of H-pyrrole nitrogens is 1. The summed E-state index contributed by atoms with van der Waals surface area (Å²) in [7, 11) is -3.81. The number of aromatic nitrogens is 1. The molecule has 32 heavy (non-hydrogen) atoms. The van der Waals surface area contributed by atoms with Gasteiger partial charge in [-0.2, -0.15) is 4.31 Å². The highest BCUT2D eigenvalue weighted by molar-refractivity contribution is 7.89. The van der Waals surface area contributed by atoms with Crippen LogP contribution in [-0.4, -0.2) is 29.2 Å². The number of fused-ring (bicyclic) bond motifs is 3. The third kappa shape index (κ3) is 3.28. The molecule has 1 atom stereocenters. The number of nitro groups is 1. The van der Waals surface area contributed by atoms with E-state index >= 15 is 0 Å². The van der Waals surface area contributed by atoms with Crippen molar-refractivity contribution in [1.82, 2.24) is 9.29 Å². The average molecular weight is 448 g/mol. The molecule has 162 valence electrons. The topological polar surface area (TPSA) is 96.3 Å². The molecule has 0 saturated carbocycles. The van der Waals surface area contributed by atoms with Crippen molar-refractivity contribution in [2.24, 2.45) is 0 Å². The molecule has 3 aromatic carbocycles. The van der Waals surface area contributed by atoms with E-state index in [1.165, 1.54) is 16.4 Å². The Kier molecular flexibility index (Phi) is 4.83. The van der Waals surface area contributed by atoms with Gasteiger partial charge in [0.05, 0.1) is 15.9 Å². The lowest BCUT2D eigenvalue weighted by Gasteiger charge is -2.35. The summed E-state index contributed by atoms with van der Waals surface area (Å²) in [4.78, 5) is 14.4. The van der Waals surface area contributed by atoms with Gasteiger partial charge in [-0.15, -0.1) is 0 Å². The second-order valence-electron chi connectivity index (χ2n) is 7.99. The van der Waals surface area contributed by atoms with Crippen molar-refractivity contribution in [1.29, 1.82) is 0 Å². The Morgan fingerprint density at radius 1 is 1.00 bits per heavy atom. The summed E-state index contributed by atoms with van der Waals surface area (Å²) < 4.78 is 29.0. The number of nitrogens with one attached hydrogen (secondary N) is 1. The lowest BCUT2D eigenvalue weighted by atomic mass is 9.92. The van der Waals surface area contributed by atoms with Gasteiger partial charge in [-0.1, -0.05) is 48.0 Å². The molecule has 1 N–H and O–H groups in total. The fraction of sp³-hybridized carbons (Fsp3) is 0.167. The monoisotopic (exact) mass is 447 g/mol. The van der Waals surface area contributed by atoms with Gasteiger partial charge in [0.25, 0.3) is 5.69 Å². The van der Waals surface area contributed by atoms with Crippen molar-refractivity contribution >= 4 is 26.6 Å². The zero-order valence-electron chi connectivity index (χ0n) is 17.4. The maximum Gasteiger partial charge on any atom is 0.269 e. The van der Waals surface area contributed by atoms with Crippen LogP contribution in [0.5, 0.6) is 0 Å². The number of non-ortho nitro benzene ring substituents is 1. The lowest BCUT2D eigenvalue weighted by Crippen LogP contribution is -2.40. The molecule has 2 heterocycles. The van der Waals surface area contributed by atoms with Crippen molar-refractivity contribution in [3.63, 3.8) is 0 Å². The number of benzene rings is 3. The Morgan fingerprint density at radius 2 is 1.69 bits per heavy atom. The van der Waals surface area contributed by atoms with Crippen molar-refractivity contribution < 1.29 is 13.3 Å². The highest BCUT2D eigenvalue weighted by Crippen LogP contribution is 2.42. The number of nitro benzene ring substituents is 1. The molecule has 0 saturated heterocycles. The third-order valence-corrected chi connectivity index (χ3v) is 7.90. The van der Waals surface area contributed by atoms with Gasteiger partial charge in [0.2, 0.25) is 10.0 Å². The van der Waals surface area contributed by atoms with Gasteiger partial charge in [0.1, 0.15) is 0 Å². The van der Waals surface area contributed by atoms with E-state index in [1.54, 1.807) is 36.4 Å². The van der Waals surface area contributed by atoms with Crippen LogP contribution >= 0.6 is 0 Å². The molecule has 0 bridgehead atoms. The van der Waals surface area contributed by atoms with E-state index in [4.69, 9.17) is 0 Å². The van der Waals surface area contributed by atoms with E-state index in [1.807, 2.05) is 31.2 Å². The maximum atomic E-state index is 13.7. The number of hydrogen-bond acceptors (Lipinski definition) is 4. The minimum atomic E-state index is -3.81. The largest absolute Gasteiger partial charge is 0.358 e. The molecule has 0 fully saturated rings. The second-order valence-corrected chi connectivity index (χ2v) is 9.88. The molecule has 8 heteroatoms. The number of rotatable bonds is 4. The Bertz CT molecular complexity index is 1420. The quantitative estimate of drug-likeness (QED) is 0.362.